The molecule has 2 aromatic rings. The molecular formula is C12H14N4O2. The maximum absolute atomic E-state index is 9.47. The lowest BCUT2D eigenvalue weighted by atomic mass is 10.2. The molecule has 6 nitrogen and oxygen atoms in total. The van der Waals surface area contributed by atoms with Gasteiger partial charge in [0.05, 0.1) is 13.3 Å². The number of rotatable bonds is 4. The number of phenolic OH excluding ortho intramolecular Hbond substituents is 1. The fourth-order valence-electron chi connectivity index (χ4n) is 1.49. The van der Waals surface area contributed by atoms with Crippen LogP contribution in [0.4, 0.5) is 0 Å². The number of aryl methyl sites for hydroxylation is 1. The molecule has 0 fully saturated rings. The summed E-state index contributed by atoms with van der Waals surface area (Å²) in [7, 11) is 1.50. The van der Waals surface area contributed by atoms with Crippen molar-refractivity contribution in [3.05, 3.63) is 35.9 Å². The quantitative estimate of drug-likeness (QED) is 0.828. The highest BCUT2D eigenvalue weighted by molar-refractivity contribution is 5.80. The van der Waals surface area contributed by atoms with E-state index in [0.29, 0.717) is 5.75 Å². The summed E-state index contributed by atoms with van der Waals surface area (Å²) in [5.41, 5.74) is 0.820. The Labute approximate surface area is 105 Å². The first-order valence-corrected chi connectivity index (χ1v) is 5.55. The lowest BCUT2D eigenvalue weighted by molar-refractivity contribution is 0.373. The topological polar surface area (TPSA) is 72.5 Å². The smallest absolute Gasteiger partial charge is 0.161 e. The fourth-order valence-corrected chi connectivity index (χ4v) is 1.49. The lowest BCUT2D eigenvalue weighted by Crippen LogP contribution is -1.96. The van der Waals surface area contributed by atoms with Crippen LogP contribution < -0.4 is 4.74 Å². The van der Waals surface area contributed by atoms with Crippen molar-refractivity contribution in [3.63, 3.8) is 0 Å². The van der Waals surface area contributed by atoms with Crippen LogP contribution >= 0.6 is 0 Å². The molecule has 1 aromatic carbocycles. The number of nitrogens with zero attached hydrogens (tertiary/aromatic N) is 4. The van der Waals surface area contributed by atoms with E-state index in [9.17, 15) is 5.11 Å². The molecule has 94 valence electrons. The second-order valence-corrected chi connectivity index (χ2v) is 3.62. The summed E-state index contributed by atoms with van der Waals surface area (Å²) in [6.45, 7) is 1.99. The minimum absolute atomic E-state index is 0.105. The van der Waals surface area contributed by atoms with Crippen molar-refractivity contribution in [1.29, 1.82) is 0 Å². The molecule has 1 N–H and O–H groups in total. The highest BCUT2D eigenvalue weighted by atomic mass is 16.5. The molecule has 0 saturated heterocycles. The fraction of sp³-hybridized carbons (Fsp3) is 0.250. The Hall–Kier alpha value is -2.37. The molecule has 2 rings (SSSR count). The molecule has 1 heterocycles. The van der Waals surface area contributed by atoms with Gasteiger partial charge in [0.25, 0.3) is 0 Å². The SMILES string of the molecule is CCc1nncn1/N=C/c1ccc(O)c(OC)c1. The van der Waals surface area contributed by atoms with Gasteiger partial charge in [-0.05, 0) is 23.8 Å². The Morgan fingerprint density at radius 3 is 3.06 bits per heavy atom. The first kappa shape index (κ1) is 12.1. The molecule has 18 heavy (non-hydrogen) atoms. The van der Waals surface area contributed by atoms with Gasteiger partial charge in [-0.3, -0.25) is 0 Å². The second kappa shape index (κ2) is 5.31. The van der Waals surface area contributed by atoms with Crippen LogP contribution in [0.25, 0.3) is 0 Å². The van der Waals surface area contributed by atoms with Gasteiger partial charge < -0.3 is 9.84 Å². The molecule has 0 aliphatic heterocycles. The standard InChI is InChI=1S/C12H14N4O2/c1-3-12-15-13-8-16(12)14-7-9-4-5-10(17)11(6-9)18-2/h4-8,17H,3H2,1-2H3/b14-7+. The summed E-state index contributed by atoms with van der Waals surface area (Å²) >= 11 is 0. The van der Waals surface area contributed by atoms with Crippen molar-refractivity contribution in [2.75, 3.05) is 7.11 Å². The van der Waals surface area contributed by atoms with Crippen LogP contribution in [0.15, 0.2) is 29.6 Å². The van der Waals surface area contributed by atoms with Crippen LogP contribution in [-0.4, -0.2) is 33.3 Å². The number of methoxy groups -OCH3 is 1. The van der Waals surface area contributed by atoms with E-state index in [1.54, 1.807) is 35.4 Å². The zero-order valence-corrected chi connectivity index (χ0v) is 10.2. The molecule has 0 atom stereocenters. The number of hydrogen-bond acceptors (Lipinski definition) is 5. The third-order valence-electron chi connectivity index (χ3n) is 2.45. The number of aromatic nitrogens is 3. The van der Waals surface area contributed by atoms with E-state index in [4.69, 9.17) is 4.74 Å². The minimum atomic E-state index is 0.105. The van der Waals surface area contributed by atoms with Gasteiger partial charge in [0, 0.05) is 6.42 Å². The van der Waals surface area contributed by atoms with Crippen LogP contribution in [0.3, 0.4) is 0 Å². The Morgan fingerprint density at radius 2 is 2.33 bits per heavy atom. The van der Waals surface area contributed by atoms with Crippen molar-refractivity contribution >= 4 is 6.21 Å². The molecule has 0 saturated carbocycles. The van der Waals surface area contributed by atoms with Gasteiger partial charge in [-0.2, -0.15) is 5.10 Å². The van der Waals surface area contributed by atoms with Gasteiger partial charge in [0.2, 0.25) is 0 Å². The van der Waals surface area contributed by atoms with E-state index >= 15 is 0 Å². The monoisotopic (exact) mass is 246 g/mol. The maximum atomic E-state index is 9.47. The van der Waals surface area contributed by atoms with E-state index in [-0.39, 0.29) is 5.75 Å². The zero-order valence-electron chi connectivity index (χ0n) is 10.2. The van der Waals surface area contributed by atoms with Crippen molar-refractivity contribution in [3.8, 4) is 11.5 Å². The van der Waals surface area contributed by atoms with E-state index in [0.717, 1.165) is 17.8 Å². The van der Waals surface area contributed by atoms with Crippen molar-refractivity contribution < 1.29 is 9.84 Å². The third-order valence-corrected chi connectivity index (χ3v) is 2.45. The molecule has 0 aliphatic rings. The summed E-state index contributed by atoms with van der Waals surface area (Å²) in [5.74, 6) is 1.31. The van der Waals surface area contributed by atoms with Crippen LogP contribution in [0, 0.1) is 0 Å². The van der Waals surface area contributed by atoms with Crippen LogP contribution in [-0.2, 0) is 6.42 Å². The highest BCUT2D eigenvalue weighted by Crippen LogP contribution is 2.25. The molecule has 0 radical (unpaired) electrons. The molecule has 0 aliphatic carbocycles. The van der Waals surface area contributed by atoms with E-state index in [2.05, 4.69) is 15.3 Å². The summed E-state index contributed by atoms with van der Waals surface area (Å²) in [5, 5.41) is 21.4. The number of benzene rings is 1. The molecule has 0 amide bonds. The highest BCUT2D eigenvalue weighted by Gasteiger charge is 2.02. The Morgan fingerprint density at radius 1 is 1.50 bits per heavy atom. The average Bonchev–Trinajstić information content (AvgIpc) is 2.85. The van der Waals surface area contributed by atoms with Crippen molar-refractivity contribution in [1.82, 2.24) is 14.9 Å². The molecule has 6 heteroatoms. The molecule has 0 spiro atoms. The van der Waals surface area contributed by atoms with Gasteiger partial charge in [0.1, 0.15) is 6.33 Å². The van der Waals surface area contributed by atoms with Gasteiger partial charge in [0.15, 0.2) is 17.3 Å². The van der Waals surface area contributed by atoms with Gasteiger partial charge in [-0.1, -0.05) is 6.92 Å². The van der Waals surface area contributed by atoms with E-state index in [1.807, 2.05) is 6.92 Å². The largest absolute Gasteiger partial charge is 0.504 e. The molecule has 0 bridgehead atoms. The predicted molar refractivity (Wildman–Crippen MR) is 67.1 cm³/mol. The van der Waals surface area contributed by atoms with E-state index < -0.39 is 0 Å². The lowest BCUT2D eigenvalue weighted by Gasteiger charge is -2.03. The Bertz CT molecular complexity index is 563. The van der Waals surface area contributed by atoms with Crippen LogP contribution in [0.1, 0.15) is 18.3 Å². The maximum Gasteiger partial charge on any atom is 0.161 e. The number of aromatic hydroxyl groups is 1. The first-order chi connectivity index (χ1) is 8.74. The number of ether oxygens (including phenoxy) is 1. The van der Waals surface area contributed by atoms with Crippen LogP contribution in [0.2, 0.25) is 0 Å². The summed E-state index contributed by atoms with van der Waals surface area (Å²) in [6.07, 6.45) is 3.97. The molecular weight excluding hydrogens is 232 g/mol. The number of phenols is 1. The summed E-state index contributed by atoms with van der Waals surface area (Å²) in [6, 6.07) is 5.01. The summed E-state index contributed by atoms with van der Waals surface area (Å²) in [4.78, 5) is 0. The zero-order chi connectivity index (χ0) is 13.0. The second-order valence-electron chi connectivity index (χ2n) is 3.62. The van der Waals surface area contributed by atoms with E-state index in [1.165, 1.54) is 7.11 Å². The predicted octanol–water partition coefficient (Wildman–Crippen LogP) is 1.44. The Kier molecular flexibility index (Phi) is 3.57. The van der Waals surface area contributed by atoms with Gasteiger partial charge in [-0.15, -0.1) is 10.2 Å². The van der Waals surface area contributed by atoms with Gasteiger partial charge in [-0.25, -0.2) is 4.68 Å². The van der Waals surface area contributed by atoms with Crippen molar-refractivity contribution in [2.45, 2.75) is 13.3 Å². The minimum Gasteiger partial charge on any atom is -0.504 e. The number of hydrogen-bond donors (Lipinski definition) is 1. The van der Waals surface area contributed by atoms with Crippen molar-refractivity contribution in [2.24, 2.45) is 5.10 Å². The third kappa shape index (κ3) is 2.48. The normalized spacial score (nSPS) is 11.0. The Balaban J connectivity index is 2.23. The first-order valence-electron chi connectivity index (χ1n) is 5.55. The summed E-state index contributed by atoms with van der Waals surface area (Å²) < 4.78 is 6.63. The molecule has 1 aromatic heterocycles. The average molecular weight is 246 g/mol. The van der Waals surface area contributed by atoms with Crippen LogP contribution in [0.5, 0.6) is 11.5 Å². The van der Waals surface area contributed by atoms with Gasteiger partial charge >= 0.3 is 0 Å². The molecule has 0 unspecified atom stereocenters.